The van der Waals surface area contributed by atoms with Gasteiger partial charge >= 0.3 is 5.97 Å². The Hall–Kier alpha value is -1.39. The Morgan fingerprint density at radius 2 is 2.11 bits per heavy atom. The highest BCUT2D eigenvalue weighted by atomic mass is 16.6. The molecule has 3 atom stereocenters. The lowest BCUT2D eigenvalue weighted by atomic mass is 9.93. The highest BCUT2D eigenvalue weighted by molar-refractivity contribution is 5.71. The number of cyclic esters (lactones) is 1. The number of carbonyl (C=O) groups is 1. The second-order valence-electron chi connectivity index (χ2n) is 4.66. The minimum Gasteiger partial charge on any atom is -0.459 e. The number of esters is 1. The Morgan fingerprint density at radius 3 is 2.83 bits per heavy atom. The molecule has 0 bridgehead atoms. The van der Waals surface area contributed by atoms with Crippen molar-refractivity contribution in [3.63, 3.8) is 0 Å². The second-order valence-corrected chi connectivity index (χ2v) is 4.66. The summed E-state index contributed by atoms with van der Waals surface area (Å²) in [7, 11) is 0. The molecular weight excluding hydrogens is 232 g/mol. The first-order valence-electron chi connectivity index (χ1n) is 6.16. The summed E-state index contributed by atoms with van der Waals surface area (Å²) >= 11 is 0. The van der Waals surface area contributed by atoms with E-state index in [0.717, 1.165) is 5.56 Å². The first-order chi connectivity index (χ1) is 8.66. The summed E-state index contributed by atoms with van der Waals surface area (Å²) < 4.78 is 10.7. The van der Waals surface area contributed by atoms with Crippen molar-refractivity contribution in [2.75, 3.05) is 6.61 Å². The van der Waals surface area contributed by atoms with Crippen LogP contribution >= 0.6 is 0 Å². The van der Waals surface area contributed by atoms with Crippen LogP contribution in [0.25, 0.3) is 0 Å². The van der Waals surface area contributed by atoms with Gasteiger partial charge in [-0.2, -0.15) is 0 Å². The summed E-state index contributed by atoms with van der Waals surface area (Å²) in [6.07, 6.45) is -0.905. The second kappa shape index (κ2) is 5.98. The van der Waals surface area contributed by atoms with Crippen LogP contribution in [0.3, 0.4) is 0 Å². The van der Waals surface area contributed by atoms with E-state index in [1.807, 2.05) is 37.3 Å². The van der Waals surface area contributed by atoms with Crippen LogP contribution in [0.2, 0.25) is 0 Å². The van der Waals surface area contributed by atoms with Crippen molar-refractivity contribution >= 4 is 5.97 Å². The molecular formula is C14H18O4. The molecule has 1 aromatic carbocycles. The summed E-state index contributed by atoms with van der Waals surface area (Å²) in [5, 5.41) is 9.68. The normalized spacial score (nSPS) is 27.9. The molecule has 4 heteroatoms. The maximum absolute atomic E-state index is 11.2. The largest absolute Gasteiger partial charge is 0.459 e. The average Bonchev–Trinajstić information content (AvgIpc) is 2.36. The molecule has 1 aliphatic rings. The van der Waals surface area contributed by atoms with Crippen LogP contribution in [-0.4, -0.2) is 29.9 Å². The van der Waals surface area contributed by atoms with Gasteiger partial charge in [-0.15, -0.1) is 0 Å². The molecule has 2 rings (SSSR count). The van der Waals surface area contributed by atoms with E-state index in [2.05, 4.69) is 0 Å². The molecule has 1 N–H and O–H groups in total. The Bertz CT molecular complexity index is 390. The highest BCUT2D eigenvalue weighted by Gasteiger charge is 2.34. The molecule has 1 aromatic rings. The summed E-state index contributed by atoms with van der Waals surface area (Å²) in [6.45, 7) is 2.67. The van der Waals surface area contributed by atoms with E-state index in [1.165, 1.54) is 0 Å². The van der Waals surface area contributed by atoms with Crippen LogP contribution in [0.15, 0.2) is 30.3 Å². The van der Waals surface area contributed by atoms with E-state index in [-0.39, 0.29) is 24.4 Å². The van der Waals surface area contributed by atoms with Crippen LogP contribution in [0.4, 0.5) is 0 Å². The molecule has 0 radical (unpaired) electrons. The number of benzene rings is 1. The number of carbonyl (C=O) groups excluding carboxylic acids is 1. The maximum Gasteiger partial charge on any atom is 0.308 e. The van der Waals surface area contributed by atoms with Gasteiger partial charge < -0.3 is 14.6 Å². The maximum atomic E-state index is 11.2. The van der Waals surface area contributed by atoms with Gasteiger partial charge in [0.05, 0.1) is 25.7 Å². The van der Waals surface area contributed by atoms with E-state index in [1.54, 1.807) is 0 Å². The van der Waals surface area contributed by atoms with Crippen LogP contribution in [0, 0.1) is 5.92 Å². The first kappa shape index (κ1) is 13.1. The molecule has 1 aliphatic heterocycles. The number of hydrogen-bond acceptors (Lipinski definition) is 4. The van der Waals surface area contributed by atoms with Gasteiger partial charge in [0.25, 0.3) is 0 Å². The van der Waals surface area contributed by atoms with Crippen LogP contribution in [0.5, 0.6) is 0 Å². The van der Waals surface area contributed by atoms with Crippen LogP contribution in [0.1, 0.15) is 18.9 Å². The molecule has 0 unspecified atom stereocenters. The molecule has 0 spiro atoms. The van der Waals surface area contributed by atoms with E-state index in [4.69, 9.17) is 9.47 Å². The van der Waals surface area contributed by atoms with Gasteiger partial charge in [-0.3, -0.25) is 4.79 Å². The molecule has 4 nitrogen and oxygen atoms in total. The molecule has 0 aromatic heterocycles. The Morgan fingerprint density at radius 1 is 1.39 bits per heavy atom. The fourth-order valence-corrected chi connectivity index (χ4v) is 1.98. The lowest BCUT2D eigenvalue weighted by Gasteiger charge is -2.32. The predicted octanol–water partition coefficient (Wildman–Crippen LogP) is 1.52. The zero-order valence-corrected chi connectivity index (χ0v) is 10.4. The number of rotatable bonds is 4. The number of aliphatic hydroxyl groups excluding tert-OH is 1. The van der Waals surface area contributed by atoms with Gasteiger partial charge in [-0.1, -0.05) is 37.3 Å². The molecule has 1 heterocycles. The molecule has 0 amide bonds. The van der Waals surface area contributed by atoms with Gasteiger partial charge in [-0.05, 0) is 5.56 Å². The molecule has 1 fully saturated rings. The SMILES string of the molecule is C[C@H]1[C@@H](O)CC(=O)O[C@@H]1COCc1ccccc1. The summed E-state index contributed by atoms with van der Waals surface area (Å²) in [5.74, 6) is -0.438. The quantitative estimate of drug-likeness (QED) is 0.823. The molecule has 0 aliphatic carbocycles. The number of hydrogen-bond donors (Lipinski definition) is 1. The standard InChI is InChI=1S/C14H18O4/c1-10-12(15)7-14(16)18-13(10)9-17-8-11-5-3-2-4-6-11/h2-6,10,12-13,15H,7-9H2,1H3/t10-,12-,13+/m0/s1. The number of ether oxygens (including phenoxy) is 2. The van der Waals surface area contributed by atoms with Crippen molar-refractivity contribution in [1.29, 1.82) is 0 Å². The van der Waals surface area contributed by atoms with E-state index in [9.17, 15) is 9.90 Å². The molecule has 98 valence electrons. The van der Waals surface area contributed by atoms with Gasteiger partial charge in [0, 0.05) is 5.92 Å². The van der Waals surface area contributed by atoms with Crippen molar-refractivity contribution in [2.45, 2.75) is 32.2 Å². The van der Waals surface area contributed by atoms with E-state index < -0.39 is 6.10 Å². The van der Waals surface area contributed by atoms with Crippen LogP contribution in [-0.2, 0) is 20.9 Å². The predicted molar refractivity (Wildman–Crippen MR) is 65.8 cm³/mol. The van der Waals surface area contributed by atoms with Gasteiger partial charge in [0.1, 0.15) is 6.10 Å². The van der Waals surface area contributed by atoms with Gasteiger partial charge in [0.2, 0.25) is 0 Å². The van der Waals surface area contributed by atoms with Crippen LogP contribution < -0.4 is 0 Å². The van der Waals surface area contributed by atoms with E-state index >= 15 is 0 Å². The lowest BCUT2D eigenvalue weighted by molar-refractivity contribution is -0.173. The average molecular weight is 250 g/mol. The van der Waals surface area contributed by atoms with E-state index in [0.29, 0.717) is 13.2 Å². The minimum atomic E-state index is -0.628. The van der Waals surface area contributed by atoms with Crippen molar-refractivity contribution < 1.29 is 19.4 Å². The third-order valence-electron chi connectivity index (χ3n) is 3.25. The Kier molecular flexibility index (Phi) is 4.33. The molecule has 1 saturated heterocycles. The fraction of sp³-hybridized carbons (Fsp3) is 0.500. The lowest BCUT2D eigenvalue weighted by Crippen LogP contribution is -2.43. The first-order valence-corrected chi connectivity index (χ1v) is 6.16. The Labute approximate surface area is 107 Å². The number of aliphatic hydroxyl groups is 1. The fourth-order valence-electron chi connectivity index (χ4n) is 1.98. The van der Waals surface area contributed by atoms with Crippen molar-refractivity contribution in [3.8, 4) is 0 Å². The monoisotopic (exact) mass is 250 g/mol. The van der Waals surface area contributed by atoms with Crippen molar-refractivity contribution in [3.05, 3.63) is 35.9 Å². The topological polar surface area (TPSA) is 55.8 Å². The van der Waals surface area contributed by atoms with Crippen molar-refractivity contribution in [1.82, 2.24) is 0 Å². The highest BCUT2D eigenvalue weighted by Crippen LogP contribution is 2.22. The zero-order chi connectivity index (χ0) is 13.0. The zero-order valence-electron chi connectivity index (χ0n) is 10.4. The van der Waals surface area contributed by atoms with Gasteiger partial charge in [-0.25, -0.2) is 0 Å². The molecule has 0 saturated carbocycles. The summed E-state index contributed by atoms with van der Waals surface area (Å²) in [5.41, 5.74) is 1.08. The summed E-state index contributed by atoms with van der Waals surface area (Å²) in [6, 6.07) is 9.80. The third kappa shape index (κ3) is 3.31. The van der Waals surface area contributed by atoms with Gasteiger partial charge in [0.15, 0.2) is 0 Å². The summed E-state index contributed by atoms with van der Waals surface area (Å²) in [4.78, 5) is 11.2. The van der Waals surface area contributed by atoms with Crippen molar-refractivity contribution in [2.24, 2.45) is 5.92 Å². The third-order valence-corrected chi connectivity index (χ3v) is 3.25. The Balaban J connectivity index is 1.81. The smallest absolute Gasteiger partial charge is 0.308 e. The molecule has 18 heavy (non-hydrogen) atoms. The minimum absolute atomic E-state index is 0.0797.